The lowest BCUT2D eigenvalue weighted by Gasteiger charge is -2.11. The van der Waals surface area contributed by atoms with Crippen molar-refractivity contribution in [1.82, 2.24) is 0 Å². The molecule has 3 nitrogen and oxygen atoms in total. The Balaban J connectivity index is 2.02. The molecule has 1 amide bonds. The standard InChI is InChI=1S/C20H22N2O/c1-15(2)20(23)21-18-11-7-16(8-12-18)5-6-17-9-13-19(14-10-17)22(3)4/h5-14H,1H2,2-4H3,(H,21,23). The van der Waals surface area contributed by atoms with Gasteiger partial charge in [-0.3, -0.25) is 4.79 Å². The molecule has 0 spiro atoms. The predicted octanol–water partition coefficient (Wildman–Crippen LogP) is 4.44. The largest absolute Gasteiger partial charge is 0.378 e. The molecule has 0 heterocycles. The molecule has 0 unspecified atom stereocenters. The maximum absolute atomic E-state index is 11.6. The summed E-state index contributed by atoms with van der Waals surface area (Å²) >= 11 is 0. The van der Waals surface area contributed by atoms with E-state index in [9.17, 15) is 4.79 Å². The van der Waals surface area contributed by atoms with Gasteiger partial charge < -0.3 is 10.2 Å². The molecular formula is C20H22N2O. The number of benzene rings is 2. The molecule has 0 radical (unpaired) electrons. The summed E-state index contributed by atoms with van der Waals surface area (Å²) in [4.78, 5) is 13.6. The van der Waals surface area contributed by atoms with Crippen molar-refractivity contribution in [2.75, 3.05) is 24.3 Å². The van der Waals surface area contributed by atoms with E-state index in [1.165, 1.54) is 5.69 Å². The van der Waals surface area contributed by atoms with Gasteiger partial charge in [-0.2, -0.15) is 0 Å². The molecule has 0 aliphatic carbocycles. The lowest BCUT2D eigenvalue weighted by Crippen LogP contribution is -2.11. The average Bonchev–Trinajstić information content (AvgIpc) is 2.54. The van der Waals surface area contributed by atoms with Crippen LogP contribution in [0.1, 0.15) is 18.1 Å². The molecule has 0 aliphatic heterocycles. The molecule has 0 aromatic heterocycles. The fourth-order valence-corrected chi connectivity index (χ4v) is 1.99. The number of carbonyl (C=O) groups is 1. The van der Waals surface area contributed by atoms with Crippen LogP contribution in [0.4, 0.5) is 11.4 Å². The van der Waals surface area contributed by atoms with Crippen LogP contribution in [0.2, 0.25) is 0 Å². The predicted molar refractivity (Wildman–Crippen MR) is 99.6 cm³/mol. The molecule has 2 aromatic carbocycles. The molecule has 2 aromatic rings. The third-order valence-electron chi connectivity index (χ3n) is 3.43. The summed E-state index contributed by atoms with van der Waals surface area (Å²) in [5.41, 5.74) is 4.67. The van der Waals surface area contributed by atoms with Crippen molar-refractivity contribution in [3.63, 3.8) is 0 Å². The van der Waals surface area contributed by atoms with Gasteiger partial charge >= 0.3 is 0 Å². The fraction of sp³-hybridized carbons (Fsp3) is 0.150. The third kappa shape index (κ3) is 4.85. The lowest BCUT2D eigenvalue weighted by molar-refractivity contribution is -0.112. The first-order valence-electron chi connectivity index (χ1n) is 7.48. The van der Waals surface area contributed by atoms with Crippen LogP contribution in [0.25, 0.3) is 12.2 Å². The van der Waals surface area contributed by atoms with Gasteiger partial charge in [0.1, 0.15) is 0 Å². The summed E-state index contributed by atoms with van der Waals surface area (Å²) in [6, 6.07) is 16.1. The summed E-state index contributed by atoms with van der Waals surface area (Å²) in [5, 5.41) is 2.79. The molecule has 3 heteroatoms. The minimum atomic E-state index is -0.158. The third-order valence-corrected chi connectivity index (χ3v) is 3.43. The van der Waals surface area contributed by atoms with Gasteiger partial charge in [0.05, 0.1) is 0 Å². The van der Waals surface area contributed by atoms with Crippen LogP contribution in [-0.4, -0.2) is 20.0 Å². The molecule has 0 aliphatic rings. The van der Waals surface area contributed by atoms with Crippen LogP contribution >= 0.6 is 0 Å². The quantitative estimate of drug-likeness (QED) is 0.654. The van der Waals surface area contributed by atoms with E-state index in [0.717, 1.165) is 16.8 Å². The summed E-state index contributed by atoms with van der Waals surface area (Å²) < 4.78 is 0. The summed E-state index contributed by atoms with van der Waals surface area (Å²) in [5.74, 6) is -0.158. The van der Waals surface area contributed by atoms with Crippen LogP contribution < -0.4 is 10.2 Å². The highest BCUT2D eigenvalue weighted by Crippen LogP contribution is 2.16. The van der Waals surface area contributed by atoms with Gasteiger partial charge in [0.2, 0.25) is 0 Å². The minimum absolute atomic E-state index is 0.158. The van der Waals surface area contributed by atoms with Crippen molar-refractivity contribution in [2.24, 2.45) is 0 Å². The first-order chi connectivity index (χ1) is 11.0. The van der Waals surface area contributed by atoms with Crippen LogP contribution in [0.15, 0.2) is 60.7 Å². The van der Waals surface area contributed by atoms with Crippen molar-refractivity contribution >= 4 is 29.4 Å². The number of hydrogen-bond donors (Lipinski definition) is 1. The van der Waals surface area contributed by atoms with Crippen molar-refractivity contribution in [3.05, 3.63) is 71.8 Å². The van der Waals surface area contributed by atoms with E-state index in [4.69, 9.17) is 0 Å². The Morgan fingerprint density at radius 2 is 1.43 bits per heavy atom. The molecular weight excluding hydrogens is 284 g/mol. The van der Waals surface area contributed by atoms with Gasteiger partial charge in [0.15, 0.2) is 0 Å². The van der Waals surface area contributed by atoms with Crippen molar-refractivity contribution in [2.45, 2.75) is 6.92 Å². The Morgan fingerprint density at radius 3 is 1.87 bits per heavy atom. The summed E-state index contributed by atoms with van der Waals surface area (Å²) in [6.07, 6.45) is 4.12. The zero-order valence-electron chi connectivity index (χ0n) is 13.8. The first kappa shape index (κ1) is 16.6. The van der Waals surface area contributed by atoms with Gasteiger partial charge in [-0.15, -0.1) is 0 Å². The maximum atomic E-state index is 11.6. The second-order valence-electron chi connectivity index (χ2n) is 5.68. The molecule has 0 atom stereocenters. The van der Waals surface area contributed by atoms with Crippen molar-refractivity contribution < 1.29 is 4.79 Å². The van der Waals surface area contributed by atoms with Gasteiger partial charge in [0, 0.05) is 31.0 Å². The number of nitrogens with zero attached hydrogens (tertiary/aromatic N) is 1. The molecule has 0 saturated carbocycles. The van der Waals surface area contributed by atoms with Crippen molar-refractivity contribution in [3.8, 4) is 0 Å². The number of amides is 1. The highest BCUT2D eigenvalue weighted by atomic mass is 16.1. The highest BCUT2D eigenvalue weighted by Gasteiger charge is 2.01. The van der Waals surface area contributed by atoms with E-state index in [1.807, 2.05) is 38.4 Å². The Kier molecular flexibility index (Phi) is 5.36. The first-order valence-corrected chi connectivity index (χ1v) is 7.48. The monoisotopic (exact) mass is 306 g/mol. The fourth-order valence-electron chi connectivity index (χ4n) is 1.99. The number of rotatable bonds is 5. The second-order valence-corrected chi connectivity index (χ2v) is 5.68. The van der Waals surface area contributed by atoms with Crippen LogP contribution in [0.5, 0.6) is 0 Å². The molecule has 0 saturated heterocycles. The average molecular weight is 306 g/mol. The zero-order chi connectivity index (χ0) is 16.8. The van der Waals surface area contributed by atoms with E-state index < -0.39 is 0 Å². The molecule has 118 valence electrons. The molecule has 1 N–H and O–H groups in total. The second kappa shape index (κ2) is 7.45. The van der Waals surface area contributed by atoms with Crippen molar-refractivity contribution in [1.29, 1.82) is 0 Å². The Hall–Kier alpha value is -2.81. The smallest absolute Gasteiger partial charge is 0.250 e. The van der Waals surface area contributed by atoms with Gasteiger partial charge in [0.25, 0.3) is 5.91 Å². The minimum Gasteiger partial charge on any atom is -0.378 e. The van der Waals surface area contributed by atoms with E-state index in [2.05, 4.69) is 53.2 Å². The van der Waals surface area contributed by atoms with E-state index in [0.29, 0.717) is 5.57 Å². The SMILES string of the molecule is C=C(C)C(=O)Nc1ccc(C=Cc2ccc(N(C)C)cc2)cc1. The summed E-state index contributed by atoms with van der Waals surface area (Å²) in [6.45, 7) is 5.31. The summed E-state index contributed by atoms with van der Waals surface area (Å²) in [7, 11) is 4.05. The van der Waals surface area contributed by atoms with Crippen LogP contribution in [0, 0.1) is 0 Å². The van der Waals surface area contributed by atoms with Gasteiger partial charge in [-0.1, -0.05) is 43.0 Å². The zero-order valence-corrected chi connectivity index (χ0v) is 13.8. The topological polar surface area (TPSA) is 32.3 Å². The Bertz CT molecular complexity index is 710. The molecule has 0 bridgehead atoms. The highest BCUT2D eigenvalue weighted by molar-refractivity contribution is 6.02. The van der Waals surface area contributed by atoms with E-state index >= 15 is 0 Å². The Labute approximate surface area is 138 Å². The number of carbonyl (C=O) groups excluding carboxylic acids is 1. The molecule has 23 heavy (non-hydrogen) atoms. The Morgan fingerprint density at radius 1 is 0.957 bits per heavy atom. The van der Waals surface area contributed by atoms with Crippen LogP contribution in [0.3, 0.4) is 0 Å². The normalized spacial score (nSPS) is 10.6. The lowest BCUT2D eigenvalue weighted by atomic mass is 10.1. The number of nitrogens with one attached hydrogen (secondary N) is 1. The maximum Gasteiger partial charge on any atom is 0.250 e. The molecule has 0 fully saturated rings. The van der Waals surface area contributed by atoms with Crippen LogP contribution in [-0.2, 0) is 4.79 Å². The van der Waals surface area contributed by atoms with E-state index in [-0.39, 0.29) is 5.91 Å². The van der Waals surface area contributed by atoms with Gasteiger partial charge in [-0.25, -0.2) is 0 Å². The number of hydrogen-bond acceptors (Lipinski definition) is 2. The van der Waals surface area contributed by atoms with E-state index in [1.54, 1.807) is 6.92 Å². The number of anilines is 2. The van der Waals surface area contributed by atoms with Gasteiger partial charge in [-0.05, 0) is 42.3 Å². The molecule has 2 rings (SSSR count).